The Hall–Kier alpha value is -3.92. The van der Waals surface area contributed by atoms with E-state index in [-0.39, 0.29) is 28.5 Å². The number of aryl methyl sites for hydroxylation is 1. The minimum absolute atomic E-state index is 0.0164. The van der Waals surface area contributed by atoms with Crippen LogP contribution in [0.5, 0.6) is 5.75 Å². The van der Waals surface area contributed by atoms with Gasteiger partial charge in [0.1, 0.15) is 17.4 Å². The molecule has 3 rings (SSSR count). The molecule has 11 heteroatoms. The van der Waals surface area contributed by atoms with Crippen LogP contribution in [0.3, 0.4) is 0 Å². The highest BCUT2D eigenvalue weighted by Crippen LogP contribution is 2.44. The van der Waals surface area contributed by atoms with Crippen molar-refractivity contribution in [1.29, 1.82) is 0 Å². The Morgan fingerprint density at radius 1 is 1.20 bits per heavy atom. The Morgan fingerprint density at radius 2 is 1.88 bits per heavy atom. The van der Waals surface area contributed by atoms with E-state index in [0.717, 1.165) is 17.7 Å². The van der Waals surface area contributed by atoms with Crippen molar-refractivity contribution in [2.75, 3.05) is 18.6 Å². The van der Waals surface area contributed by atoms with E-state index in [1.165, 1.54) is 18.1 Å². The van der Waals surface area contributed by atoms with Gasteiger partial charge in [0.25, 0.3) is 11.6 Å². The molecule has 2 aromatic carbocycles. The Kier molecular flexibility index (Phi) is 9.81. The molecule has 0 radical (unpaired) electrons. The molecule has 41 heavy (non-hydrogen) atoms. The lowest BCUT2D eigenvalue weighted by Gasteiger charge is -2.44. The van der Waals surface area contributed by atoms with Crippen LogP contribution in [-0.2, 0) is 14.3 Å². The monoisotopic (exact) mass is 585 g/mol. The first-order valence-electron chi connectivity index (χ1n) is 13.2. The van der Waals surface area contributed by atoms with Crippen LogP contribution in [0, 0.1) is 28.9 Å². The standard InChI is InChI=1S/C30H36ClN3O7/c1-17(2)16-32-27(35)26(22-9-10-23(22)29(37)40-7)33(24-12-18(3)8-11-25(24)41-30(4,5)6)28(36)19-13-20(31)15-21(14-19)34(38)39/h8,11-15,22-23,26H,1,9-10,16H2,2-7H3,(H,32,35)/t22-,23-,26?/m1/s1. The van der Waals surface area contributed by atoms with Gasteiger partial charge in [0, 0.05) is 35.2 Å². The van der Waals surface area contributed by atoms with Crippen LogP contribution in [0.4, 0.5) is 11.4 Å². The van der Waals surface area contributed by atoms with Crippen molar-refractivity contribution in [3.63, 3.8) is 0 Å². The minimum Gasteiger partial charge on any atom is -0.486 e. The molecule has 0 aliphatic heterocycles. The van der Waals surface area contributed by atoms with E-state index in [1.807, 2.05) is 33.8 Å². The van der Waals surface area contributed by atoms with E-state index < -0.39 is 46.2 Å². The van der Waals surface area contributed by atoms with Crippen molar-refractivity contribution in [3.8, 4) is 5.75 Å². The number of nitrogens with zero attached hydrogens (tertiary/aromatic N) is 2. The van der Waals surface area contributed by atoms with Gasteiger partial charge in [-0.2, -0.15) is 0 Å². The maximum atomic E-state index is 14.5. The first kappa shape index (κ1) is 31.6. The number of hydrogen-bond acceptors (Lipinski definition) is 7. The predicted octanol–water partition coefficient (Wildman–Crippen LogP) is 5.64. The molecule has 2 aromatic rings. The fourth-order valence-electron chi connectivity index (χ4n) is 4.75. The summed E-state index contributed by atoms with van der Waals surface area (Å²) in [6, 6.07) is 7.60. The second kappa shape index (κ2) is 12.7. The molecule has 1 aliphatic rings. The van der Waals surface area contributed by atoms with Crippen LogP contribution in [0.15, 0.2) is 48.6 Å². The Morgan fingerprint density at radius 3 is 2.41 bits per heavy atom. The van der Waals surface area contributed by atoms with E-state index in [9.17, 15) is 24.5 Å². The third-order valence-electron chi connectivity index (χ3n) is 6.70. The summed E-state index contributed by atoms with van der Waals surface area (Å²) < 4.78 is 11.2. The molecule has 3 atom stereocenters. The number of hydrogen-bond donors (Lipinski definition) is 1. The summed E-state index contributed by atoms with van der Waals surface area (Å²) in [5.41, 5.74) is 0.588. The summed E-state index contributed by atoms with van der Waals surface area (Å²) in [7, 11) is 1.28. The summed E-state index contributed by atoms with van der Waals surface area (Å²) >= 11 is 6.19. The van der Waals surface area contributed by atoms with E-state index >= 15 is 0 Å². The molecule has 1 N–H and O–H groups in total. The average molecular weight is 586 g/mol. The minimum atomic E-state index is -1.19. The fourth-order valence-corrected chi connectivity index (χ4v) is 4.98. The third-order valence-corrected chi connectivity index (χ3v) is 6.92. The van der Waals surface area contributed by atoms with Gasteiger partial charge in [0.2, 0.25) is 5.91 Å². The van der Waals surface area contributed by atoms with Crippen LogP contribution in [-0.4, -0.2) is 48.0 Å². The third kappa shape index (κ3) is 7.64. The highest BCUT2D eigenvalue weighted by molar-refractivity contribution is 6.31. The van der Waals surface area contributed by atoms with Crippen molar-refractivity contribution in [3.05, 3.63) is 74.8 Å². The maximum Gasteiger partial charge on any atom is 0.309 e. The number of carbonyl (C=O) groups excluding carboxylic acids is 3. The van der Waals surface area contributed by atoms with Gasteiger partial charge in [0.05, 0.1) is 23.6 Å². The number of nitrogens with one attached hydrogen (secondary N) is 1. The summed E-state index contributed by atoms with van der Waals surface area (Å²) in [5.74, 6) is -2.64. The number of ether oxygens (including phenoxy) is 2. The SMILES string of the molecule is C=C(C)CNC(=O)C([C@@H]1CC[C@H]1C(=O)OC)N(C(=O)c1cc(Cl)cc([N+](=O)[O-])c1)c1cc(C)ccc1OC(C)(C)C. The molecular weight excluding hydrogens is 550 g/mol. The van der Waals surface area contributed by atoms with Gasteiger partial charge in [-0.1, -0.05) is 29.8 Å². The highest BCUT2D eigenvalue weighted by Gasteiger charge is 2.49. The van der Waals surface area contributed by atoms with Gasteiger partial charge in [-0.05, 0) is 71.2 Å². The quantitative estimate of drug-likeness (QED) is 0.165. The van der Waals surface area contributed by atoms with E-state index in [4.69, 9.17) is 21.1 Å². The molecule has 1 saturated carbocycles. The van der Waals surface area contributed by atoms with Crippen LogP contribution in [0.2, 0.25) is 5.02 Å². The maximum absolute atomic E-state index is 14.5. The number of carbonyl (C=O) groups is 3. The molecule has 1 aliphatic carbocycles. The van der Waals surface area contributed by atoms with Crippen molar-refractivity contribution in [1.82, 2.24) is 5.32 Å². The summed E-state index contributed by atoms with van der Waals surface area (Å²) in [5, 5.41) is 14.4. The Bertz CT molecular complexity index is 1370. The van der Waals surface area contributed by atoms with Gasteiger partial charge < -0.3 is 14.8 Å². The van der Waals surface area contributed by atoms with Gasteiger partial charge >= 0.3 is 5.97 Å². The van der Waals surface area contributed by atoms with Crippen LogP contribution in [0.25, 0.3) is 0 Å². The number of esters is 1. The van der Waals surface area contributed by atoms with Gasteiger partial charge in [-0.3, -0.25) is 29.4 Å². The van der Waals surface area contributed by atoms with Gasteiger partial charge in [-0.15, -0.1) is 0 Å². The molecule has 2 amide bonds. The summed E-state index contributed by atoms with van der Waals surface area (Å²) in [4.78, 5) is 53.3. The molecule has 0 heterocycles. The van der Waals surface area contributed by atoms with Crippen molar-refractivity contribution in [2.45, 2.75) is 59.1 Å². The van der Waals surface area contributed by atoms with E-state index in [1.54, 1.807) is 19.1 Å². The lowest BCUT2D eigenvalue weighted by molar-refractivity contribution is -0.384. The Balaban J connectivity index is 2.31. The molecule has 0 spiro atoms. The number of nitro groups is 1. The number of rotatable bonds is 10. The van der Waals surface area contributed by atoms with Crippen LogP contribution < -0.4 is 15.0 Å². The molecule has 220 valence electrons. The highest BCUT2D eigenvalue weighted by atomic mass is 35.5. The van der Waals surface area contributed by atoms with Crippen LogP contribution >= 0.6 is 11.6 Å². The number of amides is 2. The smallest absolute Gasteiger partial charge is 0.309 e. The molecule has 0 saturated heterocycles. The zero-order chi connectivity index (χ0) is 30.6. The van der Waals surface area contributed by atoms with Crippen molar-refractivity contribution < 1.29 is 28.8 Å². The predicted molar refractivity (Wildman–Crippen MR) is 156 cm³/mol. The Labute approximate surface area is 244 Å². The second-order valence-corrected chi connectivity index (χ2v) is 11.7. The molecular formula is C30H36ClN3O7. The second-order valence-electron chi connectivity index (χ2n) is 11.3. The summed E-state index contributed by atoms with van der Waals surface area (Å²) in [6.07, 6.45) is 0.942. The number of halogens is 1. The number of benzene rings is 2. The zero-order valence-corrected chi connectivity index (χ0v) is 24.9. The zero-order valence-electron chi connectivity index (χ0n) is 24.2. The molecule has 10 nitrogen and oxygen atoms in total. The normalized spacial score (nSPS) is 17.0. The topological polar surface area (TPSA) is 128 Å². The van der Waals surface area contributed by atoms with E-state index in [2.05, 4.69) is 11.9 Å². The first-order valence-corrected chi connectivity index (χ1v) is 13.6. The van der Waals surface area contributed by atoms with Crippen molar-refractivity contribution >= 4 is 40.8 Å². The number of nitro benzene ring substituents is 1. The fraction of sp³-hybridized carbons (Fsp3) is 0.433. The molecule has 1 fully saturated rings. The summed E-state index contributed by atoms with van der Waals surface area (Å²) in [6.45, 7) is 13.1. The number of anilines is 1. The lowest BCUT2D eigenvalue weighted by atomic mass is 9.68. The van der Waals surface area contributed by atoms with Crippen molar-refractivity contribution in [2.24, 2.45) is 11.8 Å². The molecule has 0 bridgehead atoms. The van der Waals surface area contributed by atoms with Gasteiger partial charge in [-0.25, -0.2) is 0 Å². The average Bonchev–Trinajstić information content (AvgIpc) is 2.86. The van der Waals surface area contributed by atoms with Crippen LogP contribution in [0.1, 0.15) is 56.5 Å². The van der Waals surface area contributed by atoms with Gasteiger partial charge in [0.15, 0.2) is 0 Å². The molecule has 1 unspecified atom stereocenters. The van der Waals surface area contributed by atoms with E-state index in [0.29, 0.717) is 24.2 Å². The lowest BCUT2D eigenvalue weighted by Crippen LogP contribution is -2.59. The number of non-ortho nitro benzene ring substituents is 1. The first-order chi connectivity index (χ1) is 19.1. The largest absolute Gasteiger partial charge is 0.486 e. The number of methoxy groups -OCH3 is 1. The molecule has 0 aromatic heterocycles.